The second-order valence-corrected chi connectivity index (χ2v) is 9.68. The lowest BCUT2D eigenvalue weighted by Crippen LogP contribution is -2.46. The molecule has 0 saturated carbocycles. The van der Waals surface area contributed by atoms with Crippen LogP contribution >= 0.6 is 0 Å². The Hall–Kier alpha value is -2.10. The Morgan fingerprint density at radius 3 is 2.80 bits per heavy atom. The zero-order valence-electron chi connectivity index (χ0n) is 18.0. The van der Waals surface area contributed by atoms with E-state index >= 15 is 0 Å². The van der Waals surface area contributed by atoms with Gasteiger partial charge >= 0.3 is 0 Å². The molecule has 1 saturated heterocycles. The van der Waals surface area contributed by atoms with E-state index in [9.17, 15) is 0 Å². The van der Waals surface area contributed by atoms with Crippen molar-refractivity contribution in [2.75, 3.05) is 19.6 Å². The van der Waals surface area contributed by atoms with Crippen LogP contribution in [0.25, 0.3) is 10.9 Å². The summed E-state index contributed by atoms with van der Waals surface area (Å²) in [5.41, 5.74) is 7.51. The highest BCUT2D eigenvalue weighted by atomic mass is 15.2. The van der Waals surface area contributed by atoms with Gasteiger partial charge in [0.25, 0.3) is 0 Å². The monoisotopic (exact) mass is 399 g/mol. The van der Waals surface area contributed by atoms with Crippen LogP contribution in [-0.2, 0) is 12.8 Å². The lowest BCUT2D eigenvalue weighted by molar-refractivity contribution is 0.0435. The molecule has 0 bridgehead atoms. The molecule has 2 N–H and O–H groups in total. The number of nitrogens with zero attached hydrogens (tertiary/aromatic N) is 1. The van der Waals surface area contributed by atoms with Gasteiger partial charge < -0.3 is 10.3 Å². The first kappa shape index (κ1) is 18.7. The smallest absolute Gasteiger partial charge is 0.0478 e. The van der Waals surface area contributed by atoms with Gasteiger partial charge in [-0.05, 0) is 66.8 Å². The molecule has 3 aliphatic rings. The van der Waals surface area contributed by atoms with E-state index in [-0.39, 0.29) is 0 Å². The van der Waals surface area contributed by atoms with Gasteiger partial charge in [-0.3, -0.25) is 4.90 Å². The molecule has 3 aromatic rings. The minimum absolute atomic E-state index is 0.464. The zero-order chi connectivity index (χ0) is 20.1. The summed E-state index contributed by atoms with van der Waals surface area (Å²) >= 11 is 0. The average Bonchev–Trinajstić information content (AvgIpc) is 3.18. The molecule has 0 spiro atoms. The number of aromatic amines is 1. The fraction of sp³-hybridized carbons (Fsp3) is 0.481. The molecule has 6 rings (SSSR count). The summed E-state index contributed by atoms with van der Waals surface area (Å²) in [7, 11) is 0. The number of nitrogens with one attached hydrogen (secondary N) is 2. The largest absolute Gasteiger partial charge is 0.357 e. The minimum atomic E-state index is 0.464. The normalized spacial score (nSPS) is 28.7. The van der Waals surface area contributed by atoms with Gasteiger partial charge in [-0.1, -0.05) is 55.8 Å². The van der Waals surface area contributed by atoms with Gasteiger partial charge in [0.05, 0.1) is 0 Å². The second kappa shape index (κ2) is 7.55. The van der Waals surface area contributed by atoms with E-state index in [1.54, 1.807) is 16.7 Å². The van der Waals surface area contributed by atoms with Gasteiger partial charge in [0.2, 0.25) is 0 Å². The first-order chi connectivity index (χ1) is 14.8. The van der Waals surface area contributed by atoms with E-state index in [1.807, 2.05) is 0 Å². The van der Waals surface area contributed by atoms with Crippen LogP contribution in [0.4, 0.5) is 0 Å². The van der Waals surface area contributed by atoms with E-state index in [1.165, 1.54) is 55.4 Å². The van der Waals surface area contributed by atoms with Gasteiger partial charge in [0, 0.05) is 41.8 Å². The predicted molar refractivity (Wildman–Crippen MR) is 124 cm³/mol. The number of hydrogen-bond acceptors (Lipinski definition) is 2. The molecule has 156 valence electrons. The molecular weight excluding hydrogens is 366 g/mol. The van der Waals surface area contributed by atoms with Crippen molar-refractivity contribution < 1.29 is 0 Å². The van der Waals surface area contributed by atoms with Crippen LogP contribution < -0.4 is 5.32 Å². The topological polar surface area (TPSA) is 31.1 Å². The minimum Gasteiger partial charge on any atom is -0.357 e. The van der Waals surface area contributed by atoms with Crippen molar-refractivity contribution in [2.45, 2.75) is 51.1 Å². The van der Waals surface area contributed by atoms with E-state index < -0.39 is 0 Å². The van der Waals surface area contributed by atoms with E-state index in [0.29, 0.717) is 12.1 Å². The Labute approximate surface area is 179 Å². The Balaban J connectivity index is 1.30. The molecule has 1 aromatic heterocycles. The highest BCUT2D eigenvalue weighted by molar-refractivity contribution is 5.85. The van der Waals surface area contributed by atoms with Crippen LogP contribution in [0.3, 0.4) is 0 Å². The van der Waals surface area contributed by atoms with Crippen molar-refractivity contribution in [3.63, 3.8) is 0 Å². The molecule has 0 radical (unpaired) electrons. The summed E-state index contributed by atoms with van der Waals surface area (Å²) in [6.07, 6.45) is 6.22. The van der Waals surface area contributed by atoms with Gasteiger partial charge in [-0.25, -0.2) is 0 Å². The number of piperidine rings is 1. The number of aromatic nitrogens is 1. The van der Waals surface area contributed by atoms with Crippen molar-refractivity contribution in [2.24, 2.45) is 11.8 Å². The van der Waals surface area contributed by atoms with Gasteiger partial charge in [0.15, 0.2) is 0 Å². The summed E-state index contributed by atoms with van der Waals surface area (Å²) in [5.74, 6) is 1.58. The lowest BCUT2D eigenvalue weighted by atomic mass is 9.73. The van der Waals surface area contributed by atoms with Gasteiger partial charge in [-0.15, -0.1) is 0 Å². The van der Waals surface area contributed by atoms with Crippen molar-refractivity contribution in [3.05, 3.63) is 70.9 Å². The zero-order valence-corrected chi connectivity index (χ0v) is 18.0. The molecule has 4 heterocycles. The van der Waals surface area contributed by atoms with Crippen LogP contribution in [0.15, 0.2) is 48.5 Å². The molecule has 3 nitrogen and oxygen atoms in total. The fourth-order valence-electron chi connectivity index (χ4n) is 6.64. The Morgan fingerprint density at radius 2 is 1.87 bits per heavy atom. The van der Waals surface area contributed by atoms with Crippen LogP contribution in [0, 0.1) is 11.8 Å². The fourth-order valence-corrected chi connectivity index (χ4v) is 6.64. The molecule has 0 aliphatic carbocycles. The molecule has 3 aliphatic heterocycles. The maximum Gasteiger partial charge on any atom is 0.0478 e. The first-order valence-electron chi connectivity index (χ1n) is 12.0. The predicted octanol–water partition coefficient (Wildman–Crippen LogP) is 5.39. The molecule has 0 amide bonds. The van der Waals surface area contributed by atoms with Crippen LogP contribution in [0.2, 0.25) is 0 Å². The highest BCUT2D eigenvalue weighted by Crippen LogP contribution is 2.45. The first-order valence-corrected chi connectivity index (χ1v) is 12.0. The molecule has 30 heavy (non-hydrogen) atoms. The van der Waals surface area contributed by atoms with Crippen molar-refractivity contribution >= 4 is 10.9 Å². The van der Waals surface area contributed by atoms with E-state index in [2.05, 4.69) is 70.7 Å². The highest BCUT2D eigenvalue weighted by Gasteiger charge is 2.39. The number of benzene rings is 2. The standard InChI is InChI=1S/C27H33N3/c1-2-18-17-30-14-12-19-7-3-4-8-21(19)26(30)16-20(18)15-25-27-23(11-13-28-25)22-9-5-6-10-24(22)29-27/h3-10,18,20,25-26,28-29H,2,11-17H2,1H3/t18?,20-,25+,26-/m0/s1. The van der Waals surface area contributed by atoms with Gasteiger partial charge in [-0.2, -0.15) is 0 Å². The third-order valence-corrected chi connectivity index (χ3v) is 8.21. The summed E-state index contributed by atoms with van der Waals surface area (Å²) in [6, 6.07) is 19.1. The number of H-pyrrole nitrogens is 1. The van der Waals surface area contributed by atoms with Crippen molar-refractivity contribution in [1.29, 1.82) is 0 Å². The Kier molecular flexibility index (Phi) is 4.69. The van der Waals surface area contributed by atoms with E-state index in [0.717, 1.165) is 24.8 Å². The second-order valence-electron chi connectivity index (χ2n) is 9.68. The average molecular weight is 400 g/mol. The van der Waals surface area contributed by atoms with Gasteiger partial charge in [0.1, 0.15) is 0 Å². The summed E-state index contributed by atoms with van der Waals surface area (Å²) in [4.78, 5) is 6.57. The maximum absolute atomic E-state index is 3.87. The number of fused-ring (bicyclic) bond motifs is 6. The van der Waals surface area contributed by atoms with Crippen molar-refractivity contribution in [3.8, 4) is 0 Å². The SMILES string of the molecule is CCC1CN2CCc3ccccc3[C@@H]2C[C@@H]1C[C@H]1NCCc2c1[nH]c1ccccc21. The molecule has 4 atom stereocenters. The quantitative estimate of drug-likeness (QED) is 0.619. The molecular formula is C27H33N3. The third-order valence-electron chi connectivity index (χ3n) is 8.21. The number of rotatable bonds is 3. The van der Waals surface area contributed by atoms with E-state index in [4.69, 9.17) is 0 Å². The third kappa shape index (κ3) is 3.02. The summed E-state index contributed by atoms with van der Waals surface area (Å²) < 4.78 is 0. The number of para-hydroxylation sites is 1. The van der Waals surface area contributed by atoms with Crippen LogP contribution in [0.5, 0.6) is 0 Å². The summed E-state index contributed by atoms with van der Waals surface area (Å²) in [5, 5.41) is 5.31. The Morgan fingerprint density at radius 1 is 1.00 bits per heavy atom. The van der Waals surface area contributed by atoms with Crippen LogP contribution in [0.1, 0.15) is 60.7 Å². The number of hydrogen-bond donors (Lipinski definition) is 2. The molecule has 2 aromatic carbocycles. The molecule has 1 fully saturated rings. The van der Waals surface area contributed by atoms with Crippen molar-refractivity contribution in [1.82, 2.24) is 15.2 Å². The van der Waals surface area contributed by atoms with Crippen LogP contribution in [-0.4, -0.2) is 29.5 Å². The molecule has 3 heteroatoms. The Bertz CT molecular complexity index is 1050. The molecule has 1 unspecified atom stereocenters. The lowest BCUT2D eigenvalue weighted by Gasteiger charge is -2.48. The maximum atomic E-state index is 3.87. The summed E-state index contributed by atoms with van der Waals surface area (Å²) in [6.45, 7) is 6.01.